The lowest BCUT2D eigenvalue weighted by atomic mass is 10.2. The molecule has 0 amide bonds. The maximum atomic E-state index is 12.7. The number of halogens is 3. The summed E-state index contributed by atoms with van der Waals surface area (Å²) in [7, 11) is 0. The number of nitrogens with zero attached hydrogens (tertiary/aromatic N) is 2. The number of hydrogen-bond acceptors (Lipinski definition) is 2. The van der Waals surface area contributed by atoms with E-state index >= 15 is 0 Å². The van der Waals surface area contributed by atoms with Crippen molar-refractivity contribution >= 4 is 0 Å². The number of hydrogen-bond donors (Lipinski definition) is 1. The van der Waals surface area contributed by atoms with Crippen molar-refractivity contribution in [2.24, 2.45) is 5.73 Å². The van der Waals surface area contributed by atoms with E-state index in [1.54, 1.807) is 19.9 Å². The summed E-state index contributed by atoms with van der Waals surface area (Å²) in [5.74, 6) is 0. The van der Waals surface area contributed by atoms with Crippen molar-refractivity contribution in [2.45, 2.75) is 32.5 Å². The van der Waals surface area contributed by atoms with E-state index in [2.05, 4.69) is 5.10 Å². The van der Waals surface area contributed by atoms with Gasteiger partial charge in [0.2, 0.25) is 0 Å². The Bertz CT molecular complexity index is 330. The fourth-order valence-electron chi connectivity index (χ4n) is 1.54. The molecule has 1 unspecified atom stereocenters. The summed E-state index contributed by atoms with van der Waals surface area (Å²) < 4.78 is 39.0. The maximum absolute atomic E-state index is 12.7. The molecule has 3 nitrogen and oxygen atoms in total. The summed E-state index contributed by atoms with van der Waals surface area (Å²) >= 11 is 0. The van der Waals surface area contributed by atoms with Crippen LogP contribution in [-0.4, -0.2) is 22.5 Å². The Morgan fingerprint density at radius 3 is 2.40 bits per heavy atom. The van der Waals surface area contributed by atoms with Gasteiger partial charge in [-0.25, -0.2) is 0 Å². The lowest BCUT2D eigenvalue weighted by Crippen LogP contribution is -2.30. The van der Waals surface area contributed by atoms with Crippen LogP contribution in [0.1, 0.15) is 23.9 Å². The van der Waals surface area contributed by atoms with Crippen molar-refractivity contribution in [1.82, 2.24) is 9.78 Å². The minimum atomic E-state index is -4.30. The van der Waals surface area contributed by atoms with E-state index in [0.29, 0.717) is 11.4 Å². The van der Waals surface area contributed by atoms with Crippen molar-refractivity contribution in [3.8, 4) is 0 Å². The molecule has 0 aromatic carbocycles. The summed E-state index contributed by atoms with van der Waals surface area (Å²) in [6, 6.07) is 0.00567. The molecule has 0 bridgehead atoms. The van der Waals surface area contributed by atoms with E-state index in [0.717, 1.165) is 4.68 Å². The molecule has 0 saturated heterocycles. The fourth-order valence-corrected chi connectivity index (χ4v) is 1.54. The average molecular weight is 221 g/mol. The Morgan fingerprint density at radius 2 is 2.07 bits per heavy atom. The van der Waals surface area contributed by atoms with Crippen LogP contribution in [0.2, 0.25) is 0 Å². The third kappa shape index (κ3) is 2.71. The monoisotopic (exact) mass is 221 g/mol. The molecule has 0 spiro atoms. The normalized spacial score (nSPS) is 14.3. The number of alkyl halides is 3. The Labute approximate surface area is 86.1 Å². The van der Waals surface area contributed by atoms with Gasteiger partial charge in [-0.2, -0.15) is 18.3 Å². The first-order chi connectivity index (χ1) is 6.86. The molecule has 0 aliphatic heterocycles. The molecule has 0 saturated carbocycles. The minimum Gasteiger partial charge on any atom is -0.330 e. The van der Waals surface area contributed by atoms with Gasteiger partial charge in [-0.15, -0.1) is 0 Å². The third-order valence-corrected chi connectivity index (χ3v) is 2.16. The van der Waals surface area contributed by atoms with Gasteiger partial charge in [0.05, 0.1) is 5.69 Å². The zero-order chi connectivity index (χ0) is 11.6. The van der Waals surface area contributed by atoms with Crippen LogP contribution in [0.15, 0.2) is 6.07 Å². The second kappa shape index (κ2) is 4.22. The standard InChI is InChI=1S/C9H14F3N3/c1-6-5-7(2)15(14-6)8(3-4-13)9(10,11)12/h5,8H,3-4,13H2,1-2H3. The summed E-state index contributed by atoms with van der Waals surface area (Å²) in [5.41, 5.74) is 6.26. The predicted molar refractivity (Wildman–Crippen MR) is 50.5 cm³/mol. The van der Waals surface area contributed by atoms with Crippen LogP contribution in [0.4, 0.5) is 13.2 Å². The van der Waals surface area contributed by atoms with E-state index in [9.17, 15) is 13.2 Å². The highest BCUT2D eigenvalue weighted by molar-refractivity contribution is 5.08. The summed E-state index contributed by atoms with van der Waals surface area (Å²) in [4.78, 5) is 0. The van der Waals surface area contributed by atoms with Gasteiger partial charge < -0.3 is 5.73 Å². The van der Waals surface area contributed by atoms with Gasteiger partial charge in [-0.1, -0.05) is 0 Å². The van der Waals surface area contributed by atoms with E-state index in [1.165, 1.54) is 0 Å². The molecule has 1 aromatic rings. The van der Waals surface area contributed by atoms with E-state index < -0.39 is 12.2 Å². The van der Waals surface area contributed by atoms with Gasteiger partial charge in [0.25, 0.3) is 0 Å². The first-order valence-electron chi connectivity index (χ1n) is 4.65. The third-order valence-electron chi connectivity index (χ3n) is 2.16. The summed E-state index contributed by atoms with van der Waals surface area (Å²) in [6.45, 7) is 3.26. The number of nitrogens with two attached hydrogens (primary N) is 1. The Balaban J connectivity index is 3.04. The molecule has 2 N–H and O–H groups in total. The first kappa shape index (κ1) is 12.0. The Morgan fingerprint density at radius 1 is 1.47 bits per heavy atom. The van der Waals surface area contributed by atoms with Crippen LogP contribution >= 0.6 is 0 Å². The largest absolute Gasteiger partial charge is 0.410 e. The van der Waals surface area contributed by atoms with Gasteiger partial charge in [0.15, 0.2) is 0 Å². The number of aryl methyl sites for hydroxylation is 2. The van der Waals surface area contributed by atoms with Crippen LogP contribution in [0.5, 0.6) is 0 Å². The van der Waals surface area contributed by atoms with E-state index in [1.807, 2.05) is 0 Å². The molecule has 6 heteroatoms. The number of rotatable bonds is 3. The molecule has 1 heterocycles. The van der Waals surface area contributed by atoms with Gasteiger partial charge in [-0.3, -0.25) is 4.68 Å². The molecule has 15 heavy (non-hydrogen) atoms. The highest BCUT2D eigenvalue weighted by Crippen LogP contribution is 2.33. The van der Waals surface area contributed by atoms with E-state index in [-0.39, 0.29) is 13.0 Å². The second-order valence-electron chi connectivity index (χ2n) is 3.51. The Hall–Kier alpha value is -1.04. The predicted octanol–water partition coefficient (Wildman–Crippen LogP) is 1.95. The highest BCUT2D eigenvalue weighted by Gasteiger charge is 2.41. The summed E-state index contributed by atoms with van der Waals surface area (Å²) in [5, 5.41) is 3.84. The van der Waals surface area contributed by atoms with Crippen molar-refractivity contribution < 1.29 is 13.2 Å². The van der Waals surface area contributed by atoms with Crippen LogP contribution in [-0.2, 0) is 0 Å². The Kier molecular flexibility index (Phi) is 3.38. The zero-order valence-corrected chi connectivity index (χ0v) is 8.67. The molecule has 1 aromatic heterocycles. The topological polar surface area (TPSA) is 43.8 Å². The zero-order valence-electron chi connectivity index (χ0n) is 8.67. The van der Waals surface area contributed by atoms with Gasteiger partial charge in [-0.05, 0) is 32.9 Å². The van der Waals surface area contributed by atoms with Crippen LogP contribution in [0.25, 0.3) is 0 Å². The average Bonchev–Trinajstić information content (AvgIpc) is 2.39. The molecule has 0 radical (unpaired) electrons. The van der Waals surface area contributed by atoms with Crippen LogP contribution in [0.3, 0.4) is 0 Å². The summed E-state index contributed by atoms with van der Waals surface area (Å²) in [6.07, 6.45) is -4.45. The first-order valence-corrected chi connectivity index (χ1v) is 4.65. The highest BCUT2D eigenvalue weighted by atomic mass is 19.4. The van der Waals surface area contributed by atoms with Gasteiger partial charge >= 0.3 is 6.18 Å². The molecule has 0 aliphatic carbocycles. The minimum absolute atomic E-state index is 0.0114. The van der Waals surface area contributed by atoms with Crippen molar-refractivity contribution in [3.63, 3.8) is 0 Å². The lowest BCUT2D eigenvalue weighted by Gasteiger charge is -2.21. The van der Waals surface area contributed by atoms with Gasteiger partial charge in [0.1, 0.15) is 6.04 Å². The second-order valence-corrected chi connectivity index (χ2v) is 3.51. The lowest BCUT2D eigenvalue weighted by molar-refractivity contribution is -0.171. The molecule has 1 atom stereocenters. The van der Waals surface area contributed by atoms with Gasteiger partial charge in [0, 0.05) is 5.69 Å². The smallest absolute Gasteiger partial charge is 0.330 e. The van der Waals surface area contributed by atoms with Crippen molar-refractivity contribution in [3.05, 3.63) is 17.5 Å². The molecule has 1 rings (SSSR count). The quantitative estimate of drug-likeness (QED) is 0.847. The fraction of sp³-hybridized carbons (Fsp3) is 0.667. The maximum Gasteiger partial charge on any atom is 0.410 e. The molecule has 0 fully saturated rings. The van der Waals surface area contributed by atoms with Crippen molar-refractivity contribution in [2.75, 3.05) is 6.54 Å². The molecule has 86 valence electrons. The number of aromatic nitrogens is 2. The van der Waals surface area contributed by atoms with Crippen LogP contribution in [0, 0.1) is 13.8 Å². The van der Waals surface area contributed by atoms with Crippen LogP contribution < -0.4 is 5.73 Å². The van der Waals surface area contributed by atoms with Crippen molar-refractivity contribution in [1.29, 1.82) is 0 Å². The molecule has 0 aliphatic rings. The SMILES string of the molecule is Cc1cc(C)n(C(CCN)C(F)(F)F)n1. The molecular weight excluding hydrogens is 207 g/mol. The van der Waals surface area contributed by atoms with E-state index in [4.69, 9.17) is 5.73 Å². The molecular formula is C9H14F3N3.